The molecule has 0 bridgehead atoms. The van der Waals surface area contributed by atoms with Crippen LogP contribution in [0.15, 0.2) is 40.9 Å². The van der Waals surface area contributed by atoms with E-state index in [0.29, 0.717) is 12.8 Å². The van der Waals surface area contributed by atoms with Gasteiger partial charge in [0.25, 0.3) is 0 Å². The van der Waals surface area contributed by atoms with Crippen LogP contribution in [0.25, 0.3) is 0 Å². The van der Waals surface area contributed by atoms with E-state index in [0.717, 1.165) is 27.8 Å². The smallest absolute Gasteiger partial charge is 0.306 e. The fourth-order valence-electron chi connectivity index (χ4n) is 2.77. The van der Waals surface area contributed by atoms with Crippen LogP contribution >= 0.6 is 15.9 Å². The van der Waals surface area contributed by atoms with Gasteiger partial charge in [0, 0.05) is 4.47 Å². The van der Waals surface area contributed by atoms with Crippen LogP contribution in [-0.2, 0) is 17.6 Å². The summed E-state index contributed by atoms with van der Waals surface area (Å²) in [5.74, 6) is -0.352. The fraction of sp³-hybridized carbons (Fsp3) is 0.350. The number of halogens is 1. The van der Waals surface area contributed by atoms with Gasteiger partial charge in [-0.2, -0.15) is 0 Å². The highest BCUT2D eigenvalue weighted by Gasteiger charge is 2.20. The third-order valence-corrected chi connectivity index (χ3v) is 5.02. The molecule has 2 aromatic carbocycles. The molecule has 4 heteroatoms. The lowest BCUT2D eigenvalue weighted by atomic mass is 9.92. The van der Waals surface area contributed by atoms with Crippen LogP contribution in [0.4, 0.5) is 0 Å². The third kappa shape index (κ3) is 4.84. The summed E-state index contributed by atoms with van der Waals surface area (Å²) in [4.78, 5) is 11.7. The van der Waals surface area contributed by atoms with Crippen LogP contribution in [0.3, 0.4) is 0 Å². The second-order valence-electron chi connectivity index (χ2n) is 6.18. The molecular weight excluding hydrogens is 368 g/mol. The van der Waals surface area contributed by atoms with Gasteiger partial charge in [-0.3, -0.25) is 4.79 Å². The molecular formula is C20H23BrO3. The molecule has 1 N–H and O–H groups in total. The van der Waals surface area contributed by atoms with Crippen molar-refractivity contribution in [1.82, 2.24) is 0 Å². The maximum atomic E-state index is 11.7. The molecule has 0 fully saturated rings. The first-order valence-electron chi connectivity index (χ1n) is 8.02. The first kappa shape index (κ1) is 18.5. The quantitative estimate of drug-likeness (QED) is 0.727. The summed E-state index contributed by atoms with van der Waals surface area (Å²) in [6.45, 7) is 4.02. The van der Waals surface area contributed by atoms with Crippen molar-refractivity contribution in [3.05, 3.63) is 63.1 Å². The van der Waals surface area contributed by atoms with Crippen LogP contribution in [0.5, 0.6) is 5.75 Å². The Morgan fingerprint density at radius 2 is 1.88 bits per heavy atom. The summed E-state index contributed by atoms with van der Waals surface area (Å²) >= 11 is 3.53. The predicted octanol–water partition coefficient (Wildman–Crippen LogP) is 4.95. The summed E-state index contributed by atoms with van der Waals surface area (Å²) in [6, 6.07) is 12.2. The molecule has 0 saturated carbocycles. The van der Waals surface area contributed by atoms with Crippen molar-refractivity contribution < 1.29 is 14.6 Å². The van der Waals surface area contributed by atoms with Crippen LogP contribution in [0.1, 0.15) is 28.7 Å². The summed E-state index contributed by atoms with van der Waals surface area (Å²) in [6.07, 6.45) is 1.90. The molecule has 0 amide bonds. The summed E-state index contributed by atoms with van der Waals surface area (Å²) in [5, 5.41) is 9.58. The van der Waals surface area contributed by atoms with Crippen molar-refractivity contribution in [2.45, 2.75) is 33.1 Å². The Hall–Kier alpha value is -1.81. The minimum Gasteiger partial charge on any atom is -0.496 e. The summed E-state index contributed by atoms with van der Waals surface area (Å²) in [5.41, 5.74) is 4.41. The zero-order chi connectivity index (χ0) is 17.7. The second-order valence-corrected chi connectivity index (χ2v) is 7.03. The van der Waals surface area contributed by atoms with Gasteiger partial charge >= 0.3 is 5.97 Å². The number of rotatable bonds is 7. The number of ether oxygens (including phenoxy) is 1. The molecule has 1 unspecified atom stereocenters. The molecule has 0 aliphatic carbocycles. The number of hydrogen-bond acceptors (Lipinski definition) is 2. The highest BCUT2D eigenvalue weighted by Crippen LogP contribution is 2.29. The molecule has 0 heterocycles. The number of aryl methyl sites for hydroxylation is 3. The van der Waals surface area contributed by atoms with Crippen molar-refractivity contribution in [1.29, 1.82) is 0 Å². The minimum atomic E-state index is -0.748. The van der Waals surface area contributed by atoms with Gasteiger partial charge in [0.15, 0.2) is 0 Å². The molecule has 0 aromatic heterocycles. The van der Waals surface area contributed by atoms with Gasteiger partial charge in [-0.05, 0) is 55.9 Å². The average Bonchev–Trinajstić information content (AvgIpc) is 2.55. The van der Waals surface area contributed by atoms with Gasteiger partial charge in [0.1, 0.15) is 5.75 Å². The first-order chi connectivity index (χ1) is 11.4. The van der Waals surface area contributed by atoms with Gasteiger partial charge < -0.3 is 9.84 Å². The van der Waals surface area contributed by atoms with Gasteiger partial charge in [-0.25, -0.2) is 0 Å². The molecule has 0 radical (unpaired) electrons. The Morgan fingerprint density at radius 1 is 1.21 bits per heavy atom. The van der Waals surface area contributed by atoms with Crippen molar-refractivity contribution >= 4 is 21.9 Å². The standard InChI is InChI=1S/C20H23BrO3/c1-13-4-6-15(7-5-13)8-9-16(20(22)23)11-17-10-14(2)19(24-3)12-18(17)21/h4-7,10,12,16H,8-9,11H2,1-3H3,(H,22,23). The predicted molar refractivity (Wildman–Crippen MR) is 99.8 cm³/mol. The number of carboxylic acids is 1. The third-order valence-electron chi connectivity index (χ3n) is 4.28. The Labute approximate surface area is 151 Å². The van der Waals surface area contributed by atoms with E-state index in [1.165, 1.54) is 11.1 Å². The lowest BCUT2D eigenvalue weighted by Crippen LogP contribution is -2.17. The SMILES string of the molecule is COc1cc(Br)c(CC(CCc2ccc(C)cc2)C(=O)O)cc1C. The summed E-state index contributed by atoms with van der Waals surface area (Å²) in [7, 11) is 1.63. The minimum absolute atomic E-state index is 0.407. The van der Waals surface area contributed by atoms with E-state index in [4.69, 9.17) is 4.74 Å². The Kier molecular flexibility index (Phi) is 6.44. The molecule has 0 spiro atoms. The molecule has 1 atom stereocenters. The van der Waals surface area contributed by atoms with Crippen LogP contribution < -0.4 is 4.74 Å². The highest BCUT2D eigenvalue weighted by atomic mass is 79.9. The number of carbonyl (C=O) groups is 1. The molecule has 128 valence electrons. The van der Waals surface area contributed by atoms with Gasteiger partial charge in [0.2, 0.25) is 0 Å². The van der Waals surface area contributed by atoms with E-state index in [-0.39, 0.29) is 0 Å². The Balaban J connectivity index is 2.10. The lowest BCUT2D eigenvalue weighted by molar-refractivity contribution is -0.141. The van der Waals surface area contributed by atoms with Crippen LogP contribution in [0.2, 0.25) is 0 Å². The van der Waals surface area contributed by atoms with Gasteiger partial charge in [-0.15, -0.1) is 0 Å². The number of benzene rings is 2. The zero-order valence-electron chi connectivity index (χ0n) is 14.3. The highest BCUT2D eigenvalue weighted by molar-refractivity contribution is 9.10. The molecule has 3 nitrogen and oxygen atoms in total. The van der Waals surface area contributed by atoms with E-state index in [2.05, 4.69) is 40.2 Å². The maximum Gasteiger partial charge on any atom is 0.306 e. The molecule has 0 aliphatic rings. The molecule has 0 aliphatic heterocycles. The number of methoxy groups -OCH3 is 1. The topological polar surface area (TPSA) is 46.5 Å². The normalized spacial score (nSPS) is 12.0. The van der Waals surface area contributed by atoms with Gasteiger partial charge in [-0.1, -0.05) is 51.8 Å². The van der Waals surface area contributed by atoms with Crippen molar-refractivity contribution in [2.24, 2.45) is 5.92 Å². The van der Waals surface area contributed by atoms with Crippen LogP contribution in [-0.4, -0.2) is 18.2 Å². The van der Waals surface area contributed by atoms with Crippen LogP contribution in [0, 0.1) is 19.8 Å². The fourth-order valence-corrected chi connectivity index (χ4v) is 3.26. The van der Waals surface area contributed by atoms with Crippen molar-refractivity contribution in [3.8, 4) is 5.75 Å². The molecule has 24 heavy (non-hydrogen) atoms. The molecule has 2 aromatic rings. The van der Waals surface area contributed by atoms with E-state index >= 15 is 0 Å². The Bertz CT molecular complexity index is 708. The first-order valence-corrected chi connectivity index (χ1v) is 8.81. The molecule has 0 saturated heterocycles. The van der Waals surface area contributed by atoms with E-state index in [1.807, 2.05) is 26.0 Å². The second kappa shape index (κ2) is 8.34. The monoisotopic (exact) mass is 390 g/mol. The van der Waals surface area contributed by atoms with Crippen molar-refractivity contribution in [2.75, 3.05) is 7.11 Å². The zero-order valence-corrected chi connectivity index (χ0v) is 15.9. The average molecular weight is 391 g/mol. The largest absolute Gasteiger partial charge is 0.496 e. The Morgan fingerprint density at radius 3 is 2.46 bits per heavy atom. The lowest BCUT2D eigenvalue weighted by Gasteiger charge is -2.15. The number of aliphatic carboxylic acids is 1. The van der Waals surface area contributed by atoms with Crippen molar-refractivity contribution in [3.63, 3.8) is 0 Å². The number of hydrogen-bond donors (Lipinski definition) is 1. The maximum absolute atomic E-state index is 11.7. The number of carboxylic acid groups (broad SMARTS) is 1. The van der Waals surface area contributed by atoms with E-state index < -0.39 is 11.9 Å². The van der Waals surface area contributed by atoms with Gasteiger partial charge in [0.05, 0.1) is 13.0 Å². The summed E-state index contributed by atoms with van der Waals surface area (Å²) < 4.78 is 6.20. The van der Waals surface area contributed by atoms with E-state index in [1.54, 1.807) is 7.11 Å². The van der Waals surface area contributed by atoms with E-state index in [9.17, 15) is 9.90 Å². The molecule has 2 rings (SSSR count).